The number of nitro benzene ring substituents is 1. The number of nitrogens with zero attached hydrogens (tertiary/aromatic N) is 1. The molecule has 0 saturated carbocycles. The van der Waals surface area contributed by atoms with Crippen molar-refractivity contribution in [3.63, 3.8) is 0 Å². The van der Waals surface area contributed by atoms with Crippen LogP contribution in [0.5, 0.6) is 0 Å². The summed E-state index contributed by atoms with van der Waals surface area (Å²) < 4.78 is 48.8. The van der Waals surface area contributed by atoms with Crippen LogP contribution in [0, 0.1) is 15.9 Å². The van der Waals surface area contributed by atoms with Crippen molar-refractivity contribution in [3.8, 4) is 0 Å². The average Bonchev–Trinajstić information content (AvgIpc) is 2.17. The number of anilines is 1. The molecule has 1 aromatic carbocycles. The van der Waals surface area contributed by atoms with Crippen molar-refractivity contribution >= 4 is 11.4 Å². The van der Waals surface area contributed by atoms with E-state index in [0.717, 1.165) is 6.07 Å². The number of nitro groups is 1. The summed E-state index contributed by atoms with van der Waals surface area (Å²) in [4.78, 5) is 9.53. The zero-order valence-corrected chi connectivity index (χ0v) is 8.42. The Kier molecular flexibility index (Phi) is 3.54. The summed E-state index contributed by atoms with van der Waals surface area (Å²) in [6.45, 7) is 0. The lowest BCUT2D eigenvalue weighted by atomic mass is 10.1. The van der Waals surface area contributed by atoms with Gasteiger partial charge in [-0.25, -0.2) is 4.39 Å². The van der Waals surface area contributed by atoms with E-state index in [2.05, 4.69) is 0 Å². The summed E-state index contributed by atoms with van der Waals surface area (Å²) in [6, 6.07) is 1.35. The van der Waals surface area contributed by atoms with E-state index in [4.69, 9.17) is 5.73 Å². The summed E-state index contributed by atoms with van der Waals surface area (Å²) >= 11 is 0. The molecule has 0 aromatic heterocycles. The van der Waals surface area contributed by atoms with Crippen molar-refractivity contribution in [1.82, 2.24) is 0 Å². The van der Waals surface area contributed by atoms with Gasteiger partial charge in [0.25, 0.3) is 5.69 Å². The van der Waals surface area contributed by atoms with Crippen molar-refractivity contribution in [1.29, 1.82) is 0 Å². The van der Waals surface area contributed by atoms with E-state index < -0.39 is 41.1 Å². The molecule has 17 heavy (non-hydrogen) atoms. The highest BCUT2D eigenvalue weighted by Crippen LogP contribution is 2.30. The van der Waals surface area contributed by atoms with Crippen LogP contribution in [0.2, 0.25) is 0 Å². The van der Waals surface area contributed by atoms with E-state index in [0.29, 0.717) is 6.07 Å². The second kappa shape index (κ2) is 4.56. The smallest absolute Gasteiger partial charge is 0.389 e. The Labute approximate surface area is 93.2 Å². The molecule has 0 atom stereocenters. The Bertz CT molecular complexity index is 445. The van der Waals surface area contributed by atoms with Gasteiger partial charge in [-0.05, 0) is 18.1 Å². The third kappa shape index (κ3) is 3.58. The first-order valence-electron chi connectivity index (χ1n) is 4.50. The highest BCUT2D eigenvalue weighted by atomic mass is 19.4. The molecule has 0 bridgehead atoms. The Morgan fingerprint density at radius 2 is 1.94 bits per heavy atom. The molecule has 0 aliphatic heterocycles. The number of aryl methyl sites for hydroxylation is 1. The Morgan fingerprint density at radius 1 is 1.35 bits per heavy atom. The molecule has 0 radical (unpaired) electrons. The van der Waals surface area contributed by atoms with Crippen molar-refractivity contribution in [2.75, 3.05) is 5.73 Å². The number of alkyl halides is 3. The first kappa shape index (κ1) is 13.2. The highest BCUT2D eigenvalue weighted by Gasteiger charge is 2.28. The monoisotopic (exact) mass is 252 g/mol. The zero-order chi connectivity index (χ0) is 13.2. The molecule has 0 saturated heterocycles. The lowest BCUT2D eigenvalue weighted by molar-refractivity contribution is -0.384. The van der Waals surface area contributed by atoms with Crippen LogP contribution in [0.3, 0.4) is 0 Å². The number of nitrogen functional groups attached to an aromatic ring is 1. The second-order valence-electron chi connectivity index (χ2n) is 3.37. The number of hydrogen-bond donors (Lipinski definition) is 1. The summed E-state index contributed by atoms with van der Waals surface area (Å²) in [5.41, 5.74) is 3.94. The molecule has 2 N–H and O–H groups in total. The third-order valence-electron chi connectivity index (χ3n) is 2.08. The molecule has 94 valence electrons. The number of rotatable bonds is 3. The van der Waals surface area contributed by atoms with E-state index in [9.17, 15) is 27.7 Å². The minimum absolute atomic E-state index is 0.214. The molecular weight excluding hydrogens is 244 g/mol. The van der Waals surface area contributed by atoms with E-state index in [-0.39, 0.29) is 5.56 Å². The van der Waals surface area contributed by atoms with Crippen molar-refractivity contribution in [3.05, 3.63) is 33.6 Å². The van der Waals surface area contributed by atoms with Gasteiger partial charge in [-0.15, -0.1) is 0 Å². The minimum Gasteiger partial charge on any atom is -0.393 e. The fourth-order valence-electron chi connectivity index (χ4n) is 1.29. The summed E-state index contributed by atoms with van der Waals surface area (Å²) in [5, 5.41) is 10.5. The molecule has 0 heterocycles. The predicted octanol–water partition coefficient (Wildman–Crippen LogP) is 2.81. The van der Waals surface area contributed by atoms with Crippen LogP contribution in [0.15, 0.2) is 12.1 Å². The van der Waals surface area contributed by atoms with E-state index in [1.807, 2.05) is 0 Å². The zero-order valence-electron chi connectivity index (χ0n) is 8.42. The fraction of sp³-hybridized carbons (Fsp3) is 0.333. The van der Waals surface area contributed by atoms with Crippen LogP contribution in [0.25, 0.3) is 0 Å². The van der Waals surface area contributed by atoms with E-state index >= 15 is 0 Å². The molecule has 4 nitrogen and oxygen atoms in total. The molecule has 1 rings (SSSR count). The van der Waals surface area contributed by atoms with Gasteiger partial charge in [0.1, 0.15) is 11.5 Å². The fourth-order valence-corrected chi connectivity index (χ4v) is 1.29. The molecule has 0 aliphatic rings. The molecule has 0 aliphatic carbocycles. The number of benzene rings is 1. The van der Waals surface area contributed by atoms with Gasteiger partial charge in [0.15, 0.2) is 0 Å². The maximum atomic E-state index is 12.9. The normalized spacial score (nSPS) is 11.5. The Morgan fingerprint density at radius 3 is 2.41 bits per heavy atom. The van der Waals surface area contributed by atoms with Gasteiger partial charge in [0.2, 0.25) is 0 Å². The van der Waals surface area contributed by atoms with Crippen LogP contribution < -0.4 is 5.73 Å². The maximum Gasteiger partial charge on any atom is 0.389 e. The van der Waals surface area contributed by atoms with Crippen molar-refractivity contribution in [2.24, 2.45) is 0 Å². The van der Waals surface area contributed by atoms with Gasteiger partial charge < -0.3 is 5.73 Å². The number of hydrogen-bond acceptors (Lipinski definition) is 3. The van der Waals surface area contributed by atoms with E-state index in [1.165, 1.54) is 0 Å². The first-order valence-corrected chi connectivity index (χ1v) is 4.50. The standard InChI is InChI=1S/C9H8F4N2O2/c10-6-3-5(1-2-9(11,12)13)8(14)7(4-6)15(16)17/h3-4H,1-2,14H2. The van der Waals surface area contributed by atoms with E-state index in [1.54, 1.807) is 0 Å². The number of nitrogens with two attached hydrogens (primary N) is 1. The molecular formula is C9H8F4N2O2. The average molecular weight is 252 g/mol. The third-order valence-corrected chi connectivity index (χ3v) is 2.08. The molecule has 0 amide bonds. The molecule has 0 spiro atoms. The van der Waals surface area contributed by atoms with Crippen LogP contribution in [0.4, 0.5) is 28.9 Å². The molecule has 1 aromatic rings. The predicted molar refractivity (Wildman–Crippen MR) is 51.8 cm³/mol. The van der Waals surface area contributed by atoms with Crippen LogP contribution in [0.1, 0.15) is 12.0 Å². The van der Waals surface area contributed by atoms with Gasteiger partial charge in [-0.2, -0.15) is 13.2 Å². The lowest BCUT2D eigenvalue weighted by Crippen LogP contribution is -2.10. The van der Waals surface area contributed by atoms with Gasteiger partial charge >= 0.3 is 6.18 Å². The Hall–Kier alpha value is -1.86. The molecule has 8 heteroatoms. The minimum atomic E-state index is -4.42. The number of halogens is 4. The van der Waals surface area contributed by atoms with Crippen LogP contribution in [-0.2, 0) is 6.42 Å². The van der Waals surface area contributed by atoms with Crippen molar-refractivity contribution in [2.45, 2.75) is 19.0 Å². The summed E-state index contributed by atoms with van der Waals surface area (Å²) in [7, 11) is 0. The van der Waals surface area contributed by atoms with Crippen molar-refractivity contribution < 1.29 is 22.5 Å². The van der Waals surface area contributed by atoms with Crippen LogP contribution >= 0.6 is 0 Å². The van der Waals surface area contributed by atoms with Gasteiger partial charge in [-0.1, -0.05) is 0 Å². The molecule has 0 unspecified atom stereocenters. The van der Waals surface area contributed by atoms with Gasteiger partial charge in [-0.3, -0.25) is 10.1 Å². The molecule has 0 fully saturated rings. The first-order chi connectivity index (χ1) is 7.70. The van der Waals surface area contributed by atoms with Crippen LogP contribution in [-0.4, -0.2) is 11.1 Å². The summed E-state index contributed by atoms with van der Waals surface area (Å²) in [5.74, 6) is -0.983. The lowest BCUT2D eigenvalue weighted by Gasteiger charge is -2.08. The SMILES string of the molecule is Nc1c(CCC(F)(F)F)cc(F)cc1[N+](=O)[O-]. The Balaban J connectivity index is 3.04. The second-order valence-corrected chi connectivity index (χ2v) is 3.37. The largest absolute Gasteiger partial charge is 0.393 e. The van der Waals surface area contributed by atoms with Gasteiger partial charge in [0, 0.05) is 6.42 Å². The topological polar surface area (TPSA) is 69.2 Å². The maximum absolute atomic E-state index is 12.9. The highest BCUT2D eigenvalue weighted by molar-refractivity contribution is 5.63. The van der Waals surface area contributed by atoms with Gasteiger partial charge in [0.05, 0.1) is 11.0 Å². The quantitative estimate of drug-likeness (QED) is 0.389. The summed E-state index contributed by atoms with van der Waals surface area (Å²) in [6.07, 6.45) is -6.22.